The molecule has 0 spiro atoms. The van der Waals surface area contributed by atoms with Gasteiger partial charge in [0.2, 0.25) is 0 Å². The van der Waals surface area contributed by atoms with E-state index < -0.39 is 0 Å². The van der Waals surface area contributed by atoms with Crippen molar-refractivity contribution >= 4 is 33.3 Å². The van der Waals surface area contributed by atoms with Crippen LogP contribution < -0.4 is 5.56 Å². The Morgan fingerprint density at radius 2 is 1.78 bits per heavy atom. The number of hydrogen-bond donors (Lipinski definition) is 1. The van der Waals surface area contributed by atoms with Crippen LogP contribution >= 0.6 is 11.3 Å². The number of ether oxygens (including phenoxy) is 2. The van der Waals surface area contributed by atoms with E-state index in [-0.39, 0.29) is 42.0 Å². The minimum absolute atomic E-state index is 0.0198. The molecule has 7 nitrogen and oxygen atoms in total. The van der Waals surface area contributed by atoms with E-state index in [2.05, 4.69) is 9.97 Å². The van der Waals surface area contributed by atoms with Crippen LogP contribution in [0.25, 0.3) is 10.2 Å². The fourth-order valence-electron chi connectivity index (χ4n) is 3.91. The molecule has 0 unspecified atom stereocenters. The molecule has 0 saturated heterocycles. The molecule has 2 aromatic heterocycles. The molecular weight excluding hydrogens is 495 g/mol. The van der Waals surface area contributed by atoms with Gasteiger partial charge in [-0.25, -0.2) is 14.2 Å². The molecule has 0 fully saturated rings. The van der Waals surface area contributed by atoms with Gasteiger partial charge in [0, 0.05) is 12.0 Å². The first kappa shape index (κ1) is 26.4. The zero-order valence-electron chi connectivity index (χ0n) is 20.6. The van der Waals surface area contributed by atoms with Crippen LogP contribution in [0, 0.1) is 5.82 Å². The van der Waals surface area contributed by atoms with Gasteiger partial charge in [0.25, 0.3) is 5.56 Å². The highest BCUT2D eigenvalue weighted by molar-refractivity contribution is 7.16. The summed E-state index contributed by atoms with van der Waals surface area (Å²) >= 11 is 1.28. The fourth-order valence-corrected chi connectivity index (χ4v) is 4.83. The average Bonchev–Trinajstić information content (AvgIpc) is 3.32. The molecular formula is C28H27FN2O5S. The first-order valence-corrected chi connectivity index (χ1v) is 12.9. The van der Waals surface area contributed by atoms with Gasteiger partial charge in [-0.3, -0.25) is 9.59 Å². The molecule has 0 aliphatic rings. The molecule has 0 amide bonds. The van der Waals surface area contributed by atoms with Crippen LogP contribution in [0.2, 0.25) is 0 Å². The number of hydrogen-bond acceptors (Lipinski definition) is 7. The molecule has 0 radical (unpaired) electrons. The Morgan fingerprint density at radius 3 is 2.51 bits per heavy atom. The second-order valence-electron chi connectivity index (χ2n) is 8.47. The summed E-state index contributed by atoms with van der Waals surface area (Å²) in [5.41, 5.74) is 3.12. The molecule has 0 atom stereocenters. The summed E-state index contributed by atoms with van der Waals surface area (Å²) < 4.78 is 24.5. The van der Waals surface area contributed by atoms with Crippen LogP contribution in [0.1, 0.15) is 63.5 Å². The molecule has 4 aromatic rings. The quantitative estimate of drug-likeness (QED) is 0.209. The lowest BCUT2D eigenvalue weighted by molar-refractivity contribution is 0.0526. The number of esters is 1. The number of aryl methyl sites for hydroxylation is 2. The molecule has 37 heavy (non-hydrogen) atoms. The van der Waals surface area contributed by atoms with Crippen LogP contribution in [0.4, 0.5) is 4.39 Å². The number of Topliss-reactive ketones (excluding diaryl/α,β-unsaturated/α-hetero) is 1. The van der Waals surface area contributed by atoms with E-state index in [1.807, 2.05) is 6.92 Å². The molecule has 2 heterocycles. The van der Waals surface area contributed by atoms with E-state index in [4.69, 9.17) is 9.47 Å². The molecule has 0 aliphatic carbocycles. The number of aromatic amines is 1. The molecule has 9 heteroatoms. The minimum Gasteiger partial charge on any atom is -0.462 e. The summed E-state index contributed by atoms with van der Waals surface area (Å²) in [6.45, 7) is 4.44. The number of benzene rings is 2. The van der Waals surface area contributed by atoms with Crippen molar-refractivity contribution in [2.75, 3.05) is 6.61 Å². The van der Waals surface area contributed by atoms with Crippen LogP contribution in [0.15, 0.2) is 52.6 Å². The van der Waals surface area contributed by atoms with E-state index in [1.165, 1.54) is 17.4 Å². The number of aromatic nitrogens is 2. The van der Waals surface area contributed by atoms with Crippen molar-refractivity contribution in [1.29, 1.82) is 0 Å². The number of H-pyrrole nitrogens is 1. The molecule has 0 bridgehead atoms. The van der Waals surface area contributed by atoms with Gasteiger partial charge in [-0.1, -0.05) is 31.2 Å². The lowest BCUT2D eigenvalue weighted by Gasteiger charge is -2.06. The van der Waals surface area contributed by atoms with Gasteiger partial charge in [-0.05, 0) is 60.0 Å². The Hall–Kier alpha value is -3.69. The number of thiophene rings is 1. The van der Waals surface area contributed by atoms with Gasteiger partial charge in [0.1, 0.15) is 10.6 Å². The van der Waals surface area contributed by atoms with Crippen molar-refractivity contribution in [2.45, 2.75) is 46.3 Å². The third kappa shape index (κ3) is 6.36. The van der Waals surface area contributed by atoms with Gasteiger partial charge >= 0.3 is 5.97 Å². The predicted octanol–water partition coefficient (Wildman–Crippen LogP) is 5.40. The topological polar surface area (TPSA) is 98.3 Å². The molecule has 192 valence electrons. The third-order valence-electron chi connectivity index (χ3n) is 5.91. The first-order valence-electron chi connectivity index (χ1n) is 12.0. The molecule has 2 aromatic carbocycles. The Labute approximate surface area is 217 Å². The number of ketones is 1. The van der Waals surface area contributed by atoms with E-state index in [0.29, 0.717) is 53.0 Å². The second-order valence-corrected chi connectivity index (χ2v) is 9.33. The number of carbonyl (C=O) groups is 2. The van der Waals surface area contributed by atoms with Crippen molar-refractivity contribution in [3.63, 3.8) is 0 Å². The van der Waals surface area contributed by atoms with Crippen LogP contribution in [0.3, 0.4) is 0 Å². The largest absolute Gasteiger partial charge is 0.462 e. The molecule has 1 N–H and O–H groups in total. The maximum atomic E-state index is 13.7. The number of fused-ring (bicyclic) bond motifs is 1. The number of rotatable bonds is 11. The zero-order valence-corrected chi connectivity index (χ0v) is 21.5. The molecule has 4 rings (SSSR count). The SMILES string of the molecule is CCOC(=O)c1ccc(COCc2csc3nc(C(=O)CCc4ccc(F)c(CC)c4)[nH]c(=O)c23)cc1. The summed E-state index contributed by atoms with van der Waals surface area (Å²) in [5, 5.41) is 2.21. The highest BCUT2D eigenvalue weighted by Gasteiger charge is 2.16. The zero-order chi connectivity index (χ0) is 26.4. The Balaban J connectivity index is 1.38. The van der Waals surface area contributed by atoms with Gasteiger partial charge in [-0.2, -0.15) is 0 Å². The standard InChI is InChI=1S/C28H27FN2O5S/c1-3-19-13-17(7-11-22(19)29)8-12-23(32)25-30-26(33)24-21(16-37-27(24)31-25)15-35-14-18-5-9-20(10-6-18)28(34)36-4-2/h5-7,9-11,13,16H,3-4,8,12,14-15H2,1-2H3,(H,30,31,33). The van der Waals surface area contributed by atoms with E-state index >= 15 is 0 Å². The van der Waals surface area contributed by atoms with Crippen LogP contribution in [-0.2, 0) is 35.5 Å². The van der Waals surface area contributed by atoms with Gasteiger partial charge in [-0.15, -0.1) is 11.3 Å². The summed E-state index contributed by atoms with van der Waals surface area (Å²) in [7, 11) is 0. The minimum atomic E-state index is -0.387. The summed E-state index contributed by atoms with van der Waals surface area (Å²) in [4.78, 5) is 44.7. The highest BCUT2D eigenvalue weighted by atomic mass is 32.1. The summed E-state index contributed by atoms with van der Waals surface area (Å²) in [6.07, 6.45) is 1.16. The van der Waals surface area contributed by atoms with Crippen molar-refractivity contribution in [1.82, 2.24) is 9.97 Å². The summed E-state index contributed by atoms with van der Waals surface area (Å²) in [5.74, 6) is -0.881. The van der Waals surface area contributed by atoms with Gasteiger partial charge < -0.3 is 14.5 Å². The number of nitrogens with zero attached hydrogens (tertiary/aromatic N) is 1. The lowest BCUT2D eigenvalue weighted by atomic mass is 10.0. The summed E-state index contributed by atoms with van der Waals surface area (Å²) in [6, 6.07) is 11.8. The van der Waals surface area contributed by atoms with E-state index in [9.17, 15) is 18.8 Å². The van der Waals surface area contributed by atoms with Crippen molar-refractivity contribution in [3.05, 3.63) is 97.7 Å². The Bertz CT molecular complexity index is 1480. The lowest BCUT2D eigenvalue weighted by Crippen LogP contribution is -2.16. The van der Waals surface area contributed by atoms with Crippen molar-refractivity contribution < 1.29 is 23.5 Å². The van der Waals surface area contributed by atoms with Crippen molar-refractivity contribution in [2.24, 2.45) is 0 Å². The highest BCUT2D eigenvalue weighted by Crippen LogP contribution is 2.23. The van der Waals surface area contributed by atoms with E-state index in [1.54, 1.807) is 48.7 Å². The van der Waals surface area contributed by atoms with Crippen molar-refractivity contribution in [3.8, 4) is 0 Å². The average molecular weight is 523 g/mol. The smallest absolute Gasteiger partial charge is 0.338 e. The molecule has 0 aliphatic heterocycles. The maximum Gasteiger partial charge on any atom is 0.338 e. The third-order valence-corrected chi connectivity index (χ3v) is 6.83. The first-order chi connectivity index (χ1) is 17.9. The van der Waals surface area contributed by atoms with E-state index in [0.717, 1.165) is 11.1 Å². The fraction of sp³-hybridized carbons (Fsp3) is 0.286. The van der Waals surface area contributed by atoms with Crippen LogP contribution in [0.5, 0.6) is 0 Å². The molecule has 0 saturated carbocycles. The number of carbonyl (C=O) groups excluding carboxylic acids is 2. The number of nitrogens with one attached hydrogen (secondary N) is 1. The Kier molecular flexibility index (Phi) is 8.58. The van der Waals surface area contributed by atoms with Gasteiger partial charge in [0.05, 0.1) is 30.8 Å². The van der Waals surface area contributed by atoms with Gasteiger partial charge in [0.15, 0.2) is 11.6 Å². The maximum absolute atomic E-state index is 13.7. The Morgan fingerprint density at radius 1 is 1.03 bits per heavy atom. The number of halogens is 1. The monoisotopic (exact) mass is 522 g/mol. The predicted molar refractivity (Wildman–Crippen MR) is 140 cm³/mol. The second kappa shape index (κ2) is 12.0. The van der Waals surface area contributed by atoms with Crippen LogP contribution in [-0.4, -0.2) is 28.3 Å². The normalized spacial score (nSPS) is 11.1.